The van der Waals surface area contributed by atoms with Crippen molar-refractivity contribution in [1.29, 1.82) is 0 Å². The Bertz CT molecular complexity index is 292. The van der Waals surface area contributed by atoms with Crippen molar-refractivity contribution < 1.29 is 9.53 Å². The van der Waals surface area contributed by atoms with Gasteiger partial charge in [0.05, 0.1) is 5.41 Å². The van der Waals surface area contributed by atoms with E-state index in [1.54, 1.807) is 0 Å². The van der Waals surface area contributed by atoms with Gasteiger partial charge in [0, 0.05) is 5.41 Å². The second-order valence-corrected chi connectivity index (χ2v) is 4.94. The third kappa shape index (κ3) is 0.651. The first-order valence-corrected chi connectivity index (χ1v) is 4.77. The summed E-state index contributed by atoms with van der Waals surface area (Å²) in [7, 11) is 0. The minimum absolute atomic E-state index is 0.0522. The zero-order valence-corrected chi connectivity index (χ0v) is 8.52. The van der Waals surface area contributed by atoms with E-state index < -0.39 is 5.60 Å². The van der Waals surface area contributed by atoms with Crippen molar-refractivity contribution in [2.75, 3.05) is 0 Å². The van der Waals surface area contributed by atoms with Crippen molar-refractivity contribution in [2.45, 2.75) is 39.2 Å². The van der Waals surface area contributed by atoms with Crippen LogP contribution in [0.15, 0.2) is 12.7 Å². The van der Waals surface area contributed by atoms with Gasteiger partial charge in [0.1, 0.15) is 5.60 Å². The Kier molecular flexibility index (Phi) is 1.35. The van der Waals surface area contributed by atoms with Crippen LogP contribution in [0.25, 0.3) is 0 Å². The molecule has 0 aromatic rings. The van der Waals surface area contributed by atoms with Crippen molar-refractivity contribution in [2.24, 2.45) is 10.8 Å². The molecule has 0 spiro atoms. The first-order chi connectivity index (χ1) is 5.90. The van der Waals surface area contributed by atoms with E-state index in [-0.39, 0.29) is 16.8 Å². The highest BCUT2D eigenvalue weighted by atomic mass is 16.6. The van der Waals surface area contributed by atoms with Gasteiger partial charge >= 0.3 is 5.97 Å². The van der Waals surface area contributed by atoms with Gasteiger partial charge < -0.3 is 4.74 Å². The molecule has 2 bridgehead atoms. The second-order valence-electron chi connectivity index (χ2n) is 4.94. The van der Waals surface area contributed by atoms with E-state index in [0.717, 1.165) is 12.8 Å². The monoisotopic (exact) mass is 180 g/mol. The highest BCUT2D eigenvalue weighted by Gasteiger charge is 2.71. The Hall–Kier alpha value is -0.790. The molecule has 2 unspecified atom stereocenters. The summed E-state index contributed by atoms with van der Waals surface area (Å²) >= 11 is 0. The number of carbonyl (C=O) groups is 1. The summed E-state index contributed by atoms with van der Waals surface area (Å²) in [5, 5.41) is 0. The number of ether oxygens (including phenoxy) is 1. The largest absolute Gasteiger partial charge is 0.454 e. The Balaban J connectivity index is 2.59. The third-order valence-corrected chi connectivity index (χ3v) is 4.49. The van der Waals surface area contributed by atoms with Crippen LogP contribution in [-0.2, 0) is 9.53 Å². The maximum absolute atomic E-state index is 11.7. The number of hydrogen-bond donors (Lipinski definition) is 0. The molecule has 2 rings (SSSR count). The van der Waals surface area contributed by atoms with Crippen LogP contribution >= 0.6 is 0 Å². The number of carbonyl (C=O) groups excluding carboxylic acids is 1. The average Bonchev–Trinajstić information content (AvgIpc) is 2.34. The molecular formula is C11H16O2. The molecule has 0 amide bonds. The summed E-state index contributed by atoms with van der Waals surface area (Å²) in [6.07, 6.45) is 3.65. The number of fused-ring (bicyclic) bond motifs is 2. The van der Waals surface area contributed by atoms with E-state index in [1.165, 1.54) is 0 Å². The quantitative estimate of drug-likeness (QED) is 0.457. The summed E-state index contributed by atoms with van der Waals surface area (Å²) in [6.45, 7) is 10.0. The maximum atomic E-state index is 11.7. The summed E-state index contributed by atoms with van der Waals surface area (Å²) in [5.74, 6) is -0.0522. The minimum Gasteiger partial charge on any atom is -0.454 e. The van der Waals surface area contributed by atoms with Crippen LogP contribution < -0.4 is 0 Å². The summed E-state index contributed by atoms with van der Waals surface area (Å²) in [5.41, 5.74) is -0.821. The Morgan fingerprint density at radius 2 is 2.00 bits per heavy atom. The molecule has 0 N–H and O–H groups in total. The van der Waals surface area contributed by atoms with Gasteiger partial charge in [-0.1, -0.05) is 20.4 Å². The summed E-state index contributed by atoms with van der Waals surface area (Å²) in [6, 6.07) is 0. The number of hydrogen-bond acceptors (Lipinski definition) is 2. The second kappa shape index (κ2) is 1.99. The molecule has 1 saturated carbocycles. The van der Waals surface area contributed by atoms with E-state index in [0.29, 0.717) is 0 Å². The molecule has 2 atom stereocenters. The molecule has 13 heavy (non-hydrogen) atoms. The molecule has 2 nitrogen and oxygen atoms in total. The topological polar surface area (TPSA) is 26.3 Å². The predicted molar refractivity (Wildman–Crippen MR) is 50.1 cm³/mol. The molecule has 0 aromatic carbocycles. The zero-order valence-electron chi connectivity index (χ0n) is 8.52. The molecule has 2 aliphatic rings. The van der Waals surface area contributed by atoms with Gasteiger partial charge in [0.15, 0.2) is 0 Å². The molecule has 1 saturated heterocycles. The van der Waals surface area contributed by atoms with Gasteiger partial charge in [-0.2, -0.15) is 0 Å². The Morgan fingerprint density at radius 3 is 2.23 bits per heavy atom. The van der Waals surface area contributed by atoms with E-state index in [4.69, 9.17) is 4.74 Å². The molecule has 2 heteroatoms. The Morgan fingerprint density at radius 1 is 1.38 bits per heavy atom. The van der Waals surface area contributed by atoms with Gasteiger partial charge in [-0.25, -0.2) is 0 Å². The van der Waals surface area contributed by atoms with Gasteiger partial charge in [0.25, 0.3) is 0 Å². The van der Waals surface area contributed by atoms with Crippen molar-refractivity contribution >= 4 is 5.97 Å². The van der Waals surface area contributed by atoms with Crippen LogP contribution in [0.3, 0.4) is 0 Å². The average molecular weight is 180 g/mol. The van der Waals surface area contributed by atoms with Crippen molar-refractivity contribution in [3.05, 3.63) is 12.7 Å². The van der Waals surface area contributed by atoms with Crippen molar-refractivity contribution in [3.8, 4) is 0 Å². The van der Waals surface area contributed by atoms with Crippen LogP contribution in [0.4, 0.5) is 0 Å². The highest BCUT2D eigenvalue weighted by Crippen LogP contribution is 2.65. The normalized spacial score (nSPS) is 46.2. The SMILES string of the molecule is C=CC12CCC(C)(C(=O)O1)C2(C)C. The molecule has 0 radical (unpaired) electrons. The van der Waals surface area contributed by atoms with Gasteiger partial charge in [-0.05, 0) is 25.8 Å². The van der Waals surface area contributed by atoms with Crippen LogP contribution in [0, 0.1) is 10.8 Å². The van der Waals surface area contributed by atoms with Crippen molar-refractivity contribution in [1.82, 2.24) is 0 Å². The van der Waals surface area contributed by atoms with Crippen LogP contribution in [0.1, 0.15) is 33.6 Å². The fraction of sp³-hybridized carbons (Fsp3) is 0.727. The number of esters is 1. The lowest BCUT2D eigenvalue weighted by Crippen LogP contribution is -2.39. The first kappa shape index (κ1) is 8.79. The standard InChI is InChI=1S/C11H16O2/c1-5-11-7-6-10(4,8(12)13-11)9(11,2)3/h5H,1,6-7H2,2-4H3. The van der Waals surface area contributed by atoms with E-state index in [1.807, 2.05) is 13.0 Å². The zero-order chi connectivity index (χ0) is 9.91. The molecule has 2 fully saturated rings. The molecular weight excluding hydrogens is 164 g/mol. The van der Waals surface area contributed by atoms with Gasteiger partial charge in [0.2, 0.25) is 0 Å². The Labute approximate surface area is 79.0 Å². The third-order valence-electron chi connectivity index (χ3n) is 4.49. The van der Waals surface area contributed by atoms with Crippen LogP contribution in [0.2, 0.25) is 0 Å². The van der Waals surface area contributed by atoms with E-state index in [2.05, 4.69) is 20.4 Å². The van der Waals surface area contributed by atoms with Crippen LogP contribution in [0.5, 0.6) is 0 Å². The fourth-order valence-corrected chi connectivity index (χ4v) is 2.74. The summed E-state index contributed by atoms with van der Waals surface area (Å²) in [4.78, 5) is 11.7. The molecule has 1 aliphatic heterocycles. The predicted octanol–water partition coefficient (Wildman–Crippen LogP) is 2.29. The number of rotatable bonds is 1. The highest BCUT2D eigenvalue weighted by molar-refractivity contribution is 5.82. The minimum atomic E-state index is -0.404. The summed E-state index contributed by atoms with van der Waals surface area (Å²) < 4.78 is 5.46. The first-order valence-electron chi connectivity index (χ1n) is 4.77. The fourth-order valence-electron chi connectivity index (χ4n) is 2.74. The smallest absolute Gasteiger partial charge is 0.313 e. The van der Waals surface area contributed by atoms with E-state index in [9.17, 15) is 4.79 Å². The molecule has 0 aromatic heterocycles. The van der Waals surface area contributed by atoms with Gasteiger partial charge in [-0.3, -0.25) is 4.79 Å². The van der Waals surface area contributed by atoms with Gasteiger partial charge in [-0.15, -0.1) is 0 Å². The lowest BCUT2D eigenvalue weighted by molar-refractivity contribution is -0.156. The molecule has 72 valence electrons. The van der Waals surface area contributed by atoms with Crippen LogP contribution in [-0.4, -0.2) is 11.6 Å². The van der Waals surface area contributed by atoms with Crippen molar-refractivity contribution in [3.63, 3.8) is 0 Å². The maximum Gasteiger partial charge on any atom is 0.313 e. The van der Waals surface area contributed by atoms with E-state index >= 15 is 0 Å². The molecule has 1 aliphatic carbocycles. The lowest BCUT2D eigenvalue weighted by atomic mass is 9.66. The lowest BCUT2D eigenvalue weighted by Gasteiger charge is -2.34. The molecule has 1 heterocycles.